The fraction of sp³-hybridized carbons (Fsp3) is 0.500. The zero-order valence-electron chi connectivity index (χ0n) is 12.3. The number of hydrogen-bond acceptors (Lipinski definition) is 2. The highest BCUT2D eigenvalue weighted by molar-refractivity contribution is 9.10. The van der Waals surface area contributed by atoms with Crippen LogP contribution in [0.5, 0.6) is 0 Å². The summed E-state index contributed by atoms with van der Waals surface area (Å²) in [6, 6.07) is 8.36. The molecule has 0 radical (unpaired) electrons. The van der Waals surface area contributed by atoms with Crippen LogP contribution in [0.2, 0.25) is 0 Å². The van der Waals surface area contributed by atoms with Crippen molar-refractivity contribution in [3.8, 4) is 0 Å². The largest absolute Gasteiger partial charge is 0.335 e. The van der Waals surface area contributed by atoms with Crippen molar-refractivity contribution in [3.63, 3.8) is 0 Å². The molecule has 0 aromatic heterocycles. The van der Waals surface area contributed by atoms with Crippen molar-refractivity contribution >= 4 is 27.9 Å². The molecule has 2 aliphatic rings. The Labute approximate surface area is 138 Å². The number of benzene rings is 1. The van der Waals surface area contributed by atoms with E-state index in [1.165, 1.54) is 0 Å². The van der Waals surface area contributed by atoms with Gasteiger partial charge in [0.25, 0.3) is 0 Å². The second kappa shape index (κ2) is 6.69. The molecule has 6 heteroatoms. The molecule has 118 valence electrons. The molecule has 2 N–H and O–H groups in total. The highest BCUT2D eigenvalue weighted by atomic mass is 79.9. The summed E-state index contributed by atoms with van der Waals surface area (Å²) < 4.78 is 1.01. The van der Waals surface area contributed by atoms with Gasteiger partial charge in [-0.15, -0.1) is 0 Å². The molecule has 0 saturated heterocycles. The Morgan fingerprint density at radius 1 is 1.23 bits per heavy atom. The van der Waals surface area contributed by atoms with E-state index in [0.29, 0.717) is 18.6 Å². The minimum absolute atomic E-state index is 0.0200. The average molecular weight is 366 g/mol. The van der Waals surface area contributed by atoms with Gasteiger partial charge < -0.3 is 15.5 Å². The third kappa shape index (κ3) is 4.47. The standard InChI is InChI=1S/C16H20BrN3O2/c17-12-3-1-2-11(8-12)10-20(14-6-7-14)15(21)9-18-16(22)19-13-4-5-13/h1-3,8,13-14H,4-7,9-10H2,(H2,18,19,22). The first kappa shape index (κ1) is 15.3. The Balaban J connectivity index is 1.53. The molecule has 0 bridgehead atoms. The first-order chi connectivity index (χ1) is 10.6. The summed E-state index contributed by atoms with van der Waals surface area (Å²) in [5.41, 5.74) is 1.09. The van der Waals surface area contributed by atoms with E-state index in [-0.39, 0.29) is 18.5 Å². The van der Waals surface area contributed by atoms with E-state index >= 15 is 0 Å². The number of rotatable bonds is 6. The Morgan fingerprint density at radius 3 is 2.64 bits per heavy atom. The van der Waals surface area contributed by atoms with Gasteiger partial charge in [-0.2, -0.15) is 0 Å². The van der Waals surface area contributed by atoms with Gasteiger partial charge in [0, 0.05) is 23.1 Å². The fourth-order valence-electron chi connectivity index (χ4n) is 2.36. The molecule has 0 aliphatic heterocycles. The van der Waals surface area contributed by atoms with Crippen LogP contribution in [0.4, 0.5) is 4.79 Å². The zero-order valence-corrected chi connectivity index (χ0v) is 13.9. The summed E-state index contributed by atoms with van der Waals surface area (Å²) >= 11 is 3.45. The highest BCUT2D eigenvalue weighted by Gasteiger charge is 2.32. The lowest BCUT2D eigenvalue weighted by atomic mass is 10.2. The fourth-order valence-corrected chi connectivity index (χ4v) is 2.81. The maximum absolute atomic E-state index is 12.4. The van der Waals surface area contributed by atoms with Gasteiger partial charge in [-0.05, 0) is 43.4 Å². The van der Waals surface area contributed by atoms with Gasteiger partial charge in [0.1, 0.15) is 0 Å². The van der Waals surface area contributed by atoms with Gasteiger partial charge in [-0.25, -0.2) is 4.79 Å². The summed E-state index contributed by atoms with van der Waals surface area (Å²) in [5.74, 6) is -0.0200. The molecular weight excluding hydrogens is 346 g/mol. The number of hydrogen-bond donors (Lipinski definition) is 2. The number of nitrogens with one attached hydrogen (secondary N) is 2. The van der Waals surface area contributed by atoms with Gasteiger partial charge in [0.2, 0.25) is 5.91 Å². The summed E-state index contributed by atoms with van der Waals surface area (Å²) in [4.78, 5) is 25.9. The van der Waals surface area contributed by atoms with E-state index in [0.717, 1.165) is 35.7 Å². The number of amides is 3. The van der Waals surface area contributed by atoms with Crippen LogP contribution < -0.4 is 10.6 Å². The topological polar surface area (TPSA) is 61.4 Å². The van der Waals surface area contributed by atoms with Gasteiger partial charge in [0.05, 0.1) is 6.54 Å². The normalized spacial score (nSPS) is 17.0. The molecule has 2 saturated carbocycles. The maximum atomic E-state index is 12.4. The highest BCUT2D eigenvalue weighted by Crippen LogP contribution is 2.28. The summed E-state index contributed by atoms with van der Waals surface area (Å²) in [5, 5.41) is 5.49. The lowest BCUT2D eigenvalue weighted by Crippen LogP contribution is -2.44. The summed E-state index contributed by atoms with van der Waals surface area (Å²) in [7, 11) is 0. The molecule has 5 nitrogen and oxygen atoms in total. The second-order valence-corrected chi connectivity index (χ2v) is 6.90. The molecular formula is C16H20BrN3O2. The molecule has 0 unspecified atom stereocenters. The lowest BCUT2D eigenvalue weighted by Gasteiger charge is -2.23. The van der Waals surface area contributed by atoms with Gasteiger partial charge in [0.15, 0.2) is 0 Å². The minimum Gasteiger partial charge on any atom is -0.335 e. The van der Waals surface area contributed by atoms with Crippen molar-refractivity contribution in [1.29, 1.82) is 0 Å². The van der Waals surface area contributed by atoms with Crippen LogP contribution in [0, 0.1) is 0 Å². The Bertz CT molecular complexity index is 570. The van der Waals surface area contributed by atoms with E-state index in [4.69, 9.17) is 0 Å². The van der Waals surface area contributed by atoms with Crippen LogP contribution in [0.15, 0.2) is 28.7 Å². The molecule has 22 heavy (non-hydrogen) atoms. The molecule has 2 aliphatic carbocycles. The Morgan fingerprint density at radius 2 is 2.00 bits per heavy atom. The van der Waals surface area contributed by atoms with Crippen molar-refractivity contribution in [2.45, 2.75) is 44.3 Å². The number of carbonyl (C=O) groups is 2. The van der Waals surface area contributed by atoms with Crippen LogP contribution >= 0.6 is 15.9 Å². The maximum Gasteiger partial charge on any atom is 0.315 e. The van der Waals surface area contributed by atoms with E-state index in [2.05, 4.69) is 26.6 Å². The quantitative estimate of drug-likeness (QED) is 0.812. The van der Waals surface area contributed by atoms with Crippen molar-refractivity contribution in [3.05, 3.63) is 34.3 Å². The van der Waals surface area contributed by atoms with Gasteiger partial charge in [-0.3, -0.25) is 4.79 Å². The number of urea groups is 1. The molecule has 3 amide bonds. The Kier molecular flexibility index (Phi) is 4.66. The van der Waals surface area contributed by atoms with E-state index < -0.39 is 0 Å². The molecule has 1 aromatic carbocycles. The smallest absolute Gasteiger partial charge is 0.315 e. The van der Waals surface area contributed by atoms with Crippen LogP contribution in [0.1, 0.15) is 31.2 Å². The second-order valence-electron chi connectivity index (χ2n) is 5.98. The zero-order chi connectivity index (χ0) is 15.5. The first-order valence-electron chi connectivity index (χ1n) is 7.70. The lowest BCUT2D eigenvalue weighted by molar-refractivity contribution is -0.131. The molecule has 0 atom stereocenters. The molecule has 3 rings (SSSR count). The Hall–Kier alpha value is -1.56. The van der Waals surface area contributed by atoms with E-state index in [1.54, 1.807) is 0 Å². The predicted molar refractivity (Wildman–Crippen MR) is 87.3 cm³/mol. The minimum atomic E-state index is -0.242. The third-order valence-corrected chi connectivity index (χ3v) is 4.36. The predicted octanol–water partition coefficient (Wildman–Crippen LogP) is 2.40. The van der Waals surface area contributed by atoms with Crippen molar-refractivity contribution in [2.24, 2.45) is 0 Å². The van der Waals surface area contributed by atoms with E-state index in [9.17, 15) is 9.59 Å². The van der Waals surface area contributed by atoms with Crippen molar-refractivity contribution in [2.75, 3.05) is 6.54 Å². The number of nitrogens with zero attached hydrogens (tertiary/aromatic N) is 1. The molecule has 2 fully saturated rings. The molecule has 0 spiro atoms. The van der Waals surface area contributed by atoms with Gasteiger partial charge >= 0.3 is 6.03 Å². The van der Waals surface area contributed by atoms with E-state index in [1.807, 2.05) is 29.2 Å². The third-order valence-electron chi connectivity index (χ3n) is 3.86. The van der Waals surface area contributed by atoms with Crippen LogP contribution in [-0.4, -0.2) is 35.5 Å². The van der Waals surface area contributed by atoms with Gasteiger partial charge in [-0.1, -0.05) is 28.1 Å². The SMILES string of the molecule is O=C(NCC(=O)N(Cc1cccc(Br)c1)C1CC1)NC1CC1. The van der Waals surface area contributed by atoms with Crippen LogP contribution in [0.3, 0.4) is 0 Å². The van der Waals surface area contributed by atoms with Crippen molar-refractivity contribution < 1.29 is 9.59 Å². The summed E-state index contributed by atoms with van der Waals surface area (Å²) in [6.07, 6.45) is 4.18. The number of carbonyl (C=O) groups excluding carboxylic acids is 2. The van der Waals surface area contributed by atoms with Crippen LogP contribution in [0.25, 0.3) is 0 Å². The first-order valence-corrected chi connectivity index (χ1v) is 8.49. The van der Waals surface area contributed by atoms with Crippen molar-refractivity contribution in [1.82, 2.24) is 15.5 Å². The van der Waals surface area contributed by atoms with Crippen LogP contribution in [-0.2, 0) is 11.3 Å². The monoisotopic (exact) mass is 365 g/mol. The summed E-state index contributed by atoms with van der Waals surface area (Å²) in [6.45, 7) is 0.651. The molecule has 0 heterocycles. The average Bonchev–Trinajstić information content (AvgIpc) is 3.35. The molecule has 1 aromatic rings. The number of halogens is 1.